The molecule has 1 amide bonds. The van der Waals surface area contributed by atoms with Gasteiger partial charge in [-0.05, 0) is 43.3 Å². The molecule has 26 heavy (non-hydrogen) atoms. The highest BCUT2D eigenvalue weighted by Gasteiger charge is 2.06. The second kappa shape index (κ2) is 7.74. The highest BCUT2D eigenvalue weighted by atomic mass is 19.1. The largest absolute Gasteiger partial charge is 0.350 e. The lowest BCUT2D eigenvalue weighted by molar-refractivity contribution is 0.0952. The van der Waals surface area contributed by atoms with E-state index in [1.807, 2.05) is 19.1 Å². The summed E-state index contributed by atoms with van der Waals surface area (Å²) in [4.78, 5) is 28.5. The van der Waals surface area contributed by atoms with Gasteiger partial charge in [-0.15, -0.1) is 0 Å². The average molecular weight is 351 g/mol. The van der Waals surface area contributed by atoms with E-state index in [2.05, 4.69) is 10.3 Å². The molecule has 132 valence electrons. The second-order valence-electron chi connectivity index (χ2n) is 5.93. The standard InChI is InChI=1S/C20H18FN3O2/c1-14-2-4-16(5-3-14)20(26)22-10-11-24-13-23-18(12-19(24)25)15-6-8-17(21)9-7-15/h2-9,12-13H,10-11H2,1H3,(H,22,26). The number of carbonyl (C=O) groups excluding carboxylic acids is 1. The first-order chi connectivity index (χ1) is 12.5. The predicted molar refractivity (Wildman–Crippen MR) is 97.4 cm³/mol. The third-order valence-corrected chi connectivity index (χ3v) is 3.97. The molecule has 0 atom stereocenters. The quantitative estimate of drug-likeness (QED) is 0.769. The number of nitrogens with zero attached hydrogens (tertiary/aromatic N) is 2. The number of rotatable bonds is 5. The number of nitrogens with one attached hydrogen (secondary N) is 1. The Morgan fingerprint density at radius 3 is 2.46 bits per heavy atom. The molecule has 0 radical (unpaired) electrons. The molecule has 0 bridgehead atoms. The number of halogens is 1. The van der Waals surface area contributed by atoms with Crippen molar-refractivity contribution in [2.45, 2.75) is 13.5 Å². The molecule has 5 nitrogen and oxygen atoms in total. The lowest BCUT2D eigenvalue weighted by Gasteiger charge is -2.08. The lowest BCUT2D eigenvalue weighted by atomic mass is 10.1. The van der Waals surface area contributed by atoms with Gasteiger partial charge in [-0.2, -0.15) is 0 Å². The van der Waals surface area contributed by atoms with Gasteiger partial charge >= 0.3 is 0 Å². The number of aromatic nitrogens is 2. The van der Waals surface area contributed by atoms with E-state index in [1.54, 1.807) is 24.3 Å². The van der Waals surface area contributed by atoms with E-state index in [0.717, 1.165) is 5.56 Å². The third kappa shape index (κ3) is 4.22. The monoisotopic (exact) mass is 351 g/mol. The number of hydrogen-bond donors (Lipinski definition) is 1. The molecule has 0 aliphatic carbocycles. The van der Waals surface area contributed by atoms with Crippen molar-refractivity contribution in [3.8, 4) is 11.3 Å². The first-order valence-electron chi connectivity index (χ1n) is 8.20. The molecule has 6 heteroatoms. The fraction of sp³-hybridized carbons (Fsp3) is 0.150. The Morgan fingerprint density at radius 2 is 1.81 bits per heavy atom. The van der Waals surface area contributed by atoms with Crippen LogP contribution in [0.4, 0.5) is 4.39 Å². The molecule has 0 fully saturated rings. The number of carbonyl (C=O) groups is 1. The van der Waals surface area contributed by atoms with Crippen LogP contribution in [0.3, 0.4) is 0 Å². The van der Waals surface area contributed by atoms with Crippen LogP contribution in [0, 0.1) is 12.7 Å². The molecule has 0 aliphatic heterocycles. The van der Waals surface area contributed by atoms with Crippen LogP contribution in [0.25, 0.3) is 11.3 Å². The number of amides is 1. The number of hydrogen-bond acceptors (Lipinski definition) is 3. The van der Waals surface area contributed by atoms with Crippen LogP contribution in [0.15, 0.2) is 65.7 Å². The maximum atomic E-state index is 13.0. The van der Waals surface area contributed by atoms with Crippen molar-refractivity contribution in [2.75, 3.05) is 6.54 Å². The molecular weight excluding hydrogens is 333 g/mol. The highest BCUT2D eigenvalue weighted by Crippen LogP contribution is 2.14. The van der Waals surface area contributed by atoms with Gasteiger partial charge in [0.2, 0.25) is 0 Å². The fourth-order valence-corrected chi connectivity index (χ4v) is 2.47. The number of aryl methyl sites for hydroxylation is 1. The minimum absolute atomic E-state index is 0.186. The molecule has 1 N–H and O–H groups in total. The van der Waals surface area contributed by atoms with E-state index in [9.17, 15) is 14.0 Å². The fourth-order valence-electron chi connectivity index (χ4n) is 2.47. The molecule has 0 spiro atoms. The number of benzene rings is 2. The Balaban J connectivity index is 1.62. The third-order valence-electron chi connectivity index (χ3n) is 3.97. The summed E-state index contributed by atoms with van der Waals surface area (Å²) in [6.07, 6.45) is 1.43. The van der Waals surface area contributed by atoms with E-state index >= 15 is 0 Å². The molecule has 0 saturated carbocycles. The Morgan fingerprint density at radius 1 is 1.12 bits per heavy atom. The van der Waals surface area contributed by atoms with Gasteiger partial charge in [0.1, 0.15) is 5.82 Å². The van der Waals surface area contributed by atoms with Gasteiger partial charge in [0.05, 0.1) is 12.0 Å². The maximum Gasteiger partial charge on any atom is 0.253 e. The van der Waals surface area contributed by atoms with Crippen LogP contribution in [0.1, 0.15) is 15.9 Å². The second-order valence-corrected chi connectivity index (χ2v) is 5.93. The predicted octanol–water partition coefficient (Wildman–Crippen LogP) is 2.79. The molecule has 1 heterocycles. The molecule has 0 saturated heterocycles. The van der Waals surface area contributed by atoms with Gasteiger partial charge < -0.3 is 5.32 Å². The van der Waals surface area contributed by atoms with Crippen LogP contribution in [-0.4, -0.2) is 22.0 Å². The van der Waals surface area contributed by atoms with Crippen LogP contribution < -0.4 is 10.9 Å². The van der Waals surface area contributed by atoms with Crippen molar-refractivity contribution in [3.63, 3.8) is 0 Å². The minimum atomic E-state index is -0.341. The van der Waals surface area contributed by atoms with Crippen molar-refractivity contribution >= 4 is 5.91 Å². The summed E-state index contributed by atoms with van der Waals surface area (Å²) in [6.45, 7) is 2.58. The lowest BCUT2D eigenvalue weighted by Crippen LogP contribution is -2.30. The summed E-state index contributed by atoms with van der Waals surface area (Å²) >= 11 is 0. The van der Waals surface area contributed by atoms with Crippen LogP contribution in [-0.2, 0) is 6.54 Å². The zero-order chi connectivity index (χ0) is 18.5. The normalized spacial score (nSPS) is 10.5. The summed E-state index contributed by atoms with van der Waals surface area (Å²) in [7, 11) is 0. The molecule has 0 unspecified atom stereocenters. The Hall–Kier alpha value is -3.28. The summed E-state index contributed by atoms with van der Waals surface area (Å²) in [6, 6.07) is 14.5. The van der Waals surface area contributed by atoms with Gasteiger partial charge in [0.15, 0.2) is 0 Å². The smallest absolute Gasteiger partial charge is 0.253 e. The van der Waals surface area contributed by atoms with Crippen molar-refractivity contribution in [3.05, 3.63) is 88.2 Å². The topological polar surface area (TPSA) is 64.0 Å². The van der Waals surface area contributed by atoms with E-state index < -0.39 is 0 Å². The van der Waals surface area contributed by atoms with Crippen molar-refractivity contribution in [1.82, 2.24) is 14.9 Å². The molecular formula is C20H18FN3O2. The minimum Gasteiger partial charge on any atom is -0.350 e. The first kappa shape index (κ1) is 17.5. The van der Waals surface area contributed by atoms with Gasteiger partial charge in [0, 0.05) is 30.3 Å². The van der Waals surface area contributed by atoms with E-state index in [1.165, 1.54) is 29.1 Å². The molecule has 1 aromatic heterocycles. The van der Waals surface area contributed by atoms with Crippen LogP contribution in [0.2, 0.25) is 0 Å². The van der Waals surface area contributed by atoms with Crippen molar-refractivity contribution in [2.24, 2.45) is 0 Å². The van der Waals surface area contributed by atoms with E-state index in [-0.39, 0.29) is 17.3 Å². The highest BCUT2D eigenvalue weighted by molar-refractivity contribution is 5.94. The molecule has 0 aliphatic rings. The Bertz CT molecular complexity index is 964. The Labute approximate surface area is 150 Å². The maximum absolute atomic E-state index is 13.0. The van der Waals surface area contributed by atoms with Crippen LogP contribution >= 0.6 is 0 Å². The average Bonchev–Trinajstić information content (AvgIpc) is 2.64. The van der Waals surface area contributed by atoms with Gasteiger partial charge in [-0.3, -0.25) is 14.2 Å². The van der Waals surface area contributed by atoms with Crippen molar-refractivity contribution < 1.29 is 9.18 Å². The first-order valence-corrected chi connectivity index (χ1v) is 8.20. The summed E-state index contributed by atoms with van der Waals surface area (Å²) in [5.74, 6) is -0.527. The molecule has 3 aromatic rings. The van der Waals surface area contributed by atoms with Gasteiger partial charge in [0.25, 0.3) is 11.5 Å². The Kier molecular flexibility index (Phi) is 5.22. The summed E-state index contributed by atoms with van der Waals surface area (Å²) < 4.78 is 14.4. The zero-order valence-corrected chi connectivity index (χ0v) is 14.3. The van der Waals surface area contributed by atoms with E-state index in [0.29, 0.717) is 29.9 Å². The molecule has 2 aromatic carbocycles. The summed E-state index contributed by atoms with van der Waals surface area (Å²) in [5.41, 5.74) is 2.58. The molecule has 3 rings (SSSR count). The van der Waals surface area contributed by atoms with Crippen molar-refractivity contribution in [1.29, 1.82) is 0 Å². The van der Waals surface area contributed by atoms with Gasteiger partial charge in [-0.1, -0.05) is 17.7 Å². The van der Waals surface area contributed by atoms with Crippen LogP contribution in [0.5, 0.6) is 0 Å². The zero-order valence-electron chi connectivity index (χ0n) is 14.3. The SMILES string of the molecule is Cc1ccc(C(=O)NCCn2cnc(-c3ccc(F)cc3)cc2=O)cc1. The van der Waals surface area contributed by atoms with Gasteiger partial charge in [-0.25, -0.2) is 9.37 Å². The summed E-state index contributed by atoms with van der Waals surface area (Å²) in [5, 5.41) is 2.78. The van der Waals surface area contributed by atoms with E-state index in [4.69, 9.17) is 0 Å².